The Balaban J connectivity index is 2.21. The highest BCUT2D eigenvalue weighted by Gasteiger charge is 2.23. The first-order valence-electron chi connectivity index (χ1n) is 5.30. The van der Waals surface area contributed by atoms with Crippen molar-refractivity contribution in [3.05, 3.63) is 0 Å². The third kappa shape index (κ3) is 3.27. The van der Waals surface area contributed by atoms with E-state index in [4.69, 9.17) is 4.74 Å². The van der Waals surface area contributed by atoms with Crippen LogP contribution >= 0.6 is 0 Å². The summed E-state index contributed by atoms with van der Waals surface area (Å²) in [7, 11) is 1.87. The first kappa shape index (κ1) is 11.5. The highest BCUT2D eigenvalue weighted by atomic mass is 16.5. The predicted octanol–water partition coefficient (Wildman–Crippen LogP) is 0.233. The molecule has 1 heterocycles. The Morgan fingerprint density at radius 3 is 2.71 bits per heavy atom. The lowest BCUT2D eigenvalue weighted by Gasteiger charge is -2.20. The number of nitrogens with zero attached hydrogens (tertiary/aromatic N) is 1. The van der Waals surface area contributed by atoms with Gasteiger partial charge >= 0.3 is 0 Å². The summed E-state index contributed by atoms with van der Waals surface area (Å²) in [5, 5.41) is 2.98. The average Bonchev–Trinajstić information content (AvgIpc) is 2.69. The normalized spacial score (nSPS) is 18.6. The molecule has 1 aliphatic rings. The van der Waals surface area contributed by atoms with Gasteiger partial charge in [0.15, 0.2) is 0 Å². The van der Waals surface area contributed by atoms with E-state index in [-0.39, 0.29) is 12.0 Å². The molecule has 4 heteroatoms. The molecule has 82 valence electrons. The van der Waals surface area contributed by atoms with Gasteiger partial charge in [-0.2, -0.15) is 0 Å². The van der Waals surface area contributed by atoms with Gasteiger partial charge in [0.1, 0.15) is 6.10 Å². The van der Waals surface area contributed by atoms with Gasteiger partial charge in [0.2, 0.25) is 0 Å². The average molecular weight is 200 g/mol. The van der Waals surface area contributed by atoms with Crippen molar-refractivity contribution in [2.45, 2.75) is 25.9 Å². The van der Waals surface area contributed by atoms with Crippen LogP contribution in [0.2, 0.25) is 0 Å². The van der Waals surface area contributed by atoms with Crippen LogP contribution in [0.3, 0.4) is 0 Å². The van der Waals surface area contributed by atoms with Gasteiger partial charge in [0.05, 0.1) is 6.61 Å². The number of rotatable bonds is 5. The number of likely N-dealkylation sites (N-methyl/N-ethyl adjacent to an activating group) is 1. The summed E-state index contributed by atoms with van der Waals surface area (Å²) in [6, 6.07) is 0. The van der Waals surface area contributed by atoms with Crippen molar-refractivity contribution in [1.82, 2.24) is 10.2 Å². The predicted molar refractivity (Wildman–Crippen MR) is 55.2 cm³/mol. The molecule has 0 aromatic heterocycles. The first-order valence-corrected chi connectivity index (χ1v) is 5.30. The molecule has 0 radical (unpaired) electrons. The quantitative estimate of drug-likeness (QED) is 0.646. The highest BCUT2D eigenvalue weighted by molar-refractivity contribution is 5.80. The van der Waals surface area contributed by atoms with Crippen molar-refractivity contribution in [3.8, 4) is 0 Å². The second-order valence-corrected chi connectivity index (χ2v) is 3.65. The molecule has 0 spiro atoms. The van der Waals surface area contributed by atoms with E-state index >= 15 is 0 Å². The van der Waals surface area contributed by atoms with Crippen molar-refractivity contribution in [1.29, 1.82) is 0 Å². The number of nitrogens with one attached hydrogen (secondary N) is 1. The van der Waals surface area contributed by atoms with Crippen LogP contribution in [0.25, 0.3) is 0 Å². The lowest BCUT2D eigenvalue weighted by molar-refractivity contribution is -0.141. The van der Waals surface area contributed by atoms with Crippen molar-refractivity contribution in [2.75, 3.05) is 33.3 Å². The number of likely N-dealkylation sites (tertiary alicyclic amines) is 1. The third-order valence-corrected chi connectivity index (χ3v) is 2.49. The van der Waals surface area contributed by atoms with E-state index in [2.05, 4.69) is 5.32 Å². The van der Waals surface area contributed by atoms with Gasteiger partial charge in [-0.3, -0.25) is 4.79 Å². The Bertz CT molecular complexity index is 179. The number of amides is 1. The van der Waals surface area contributed by atoms with E-state index < -0.39 is 0 Å². The van der Waals surface area contributed by atoms with E-state index in [9.17, 15) is 4.79 Å². The highest BCUT2D eigenvalue weighted by Crippen LogP contribution is 2.10. The largest absolute Gasteiger partial charge is 0.367 e. The van der Waals surface area contributed by atoms with Crippen LogP contribution < -0.4 is 5.32 Å². The van der Waals surface area contributed by atoms with Crippen LogP contribution in [0.15, 0.2) is 0 Å². The molecule has 1 saturated heterocycles. The summed E-state index contributed by atoms with van der Waals surface area (Å²) < 4.78 is 5.40. The summed E-state index contributed by atoms with van der Waals surface area (Å²) in [5.41, 5.74) is 0. The third-order valence-electron chi connectivity index (χ3n) is 2.49. The second-order valence-electron chi connectivity index (χ2n) is 3.65. The van der Waals surface area contributed by atoms with Gasteiger partial charge in [0, 0.05) is 19.6 Å². The van der Waals surface area contributed by atoms with Gasteiger partial charge in [-0.1, -0.05) is 0 Å². The number of hydrogen-bond acceptors (Lipinski definition) is 3. The summed E-state index contributed by atoms with van der Waals surface area (Å²) in [6.07, 6.45) is 1.98. The smallest absolute Gasteiger partial charge is 0.251 e. The van der Waals surface area contributed by atoms with Gasteiger partial charge in [0.25, 0.3) is 5.91 Å². The zero-order valence-electron chi connectivity index (χ0n) is 9.08. The lowest BCUT2D eigenvalue weighted by Crippen LogP contribution is -2.37. The van der Waals surface area contributed by atoms with Gasteiger partial charge < -0.3 is 15.0 Å². The zero-order valence-corrected chi connectivity index (χ0v) is 9.08. The maximum absolute atomic E-state index is 11.7. The van der Waals surface area contributed by atoms with Gasteiger partial charge in [-0.25, -0.2) is 0 Å². The van der Waals surface area contributed by atoms with Crippen molar-refractivity contribution in [3.63, 3.8) is 0 Å². The van der Waals surface area contributed by atoms with Crippen LogP contribution in [0.5, 0.6) is 0 Å². The molecule has 4 nitrogen and oxygen atoms in total. The zero-order chi connectivity index (χ0) is 10.4. The summed E-state index contributed by atoms with van der Waals surface area (Å²) in [6.45, 7) is 5.02. The topological polar surface area (TPSA) is 41.6 Å². The minimum absolute atomic E-state index is 0.138. The van der Waals surface area contributed by atoms with Crippen LogP contribution in [0.4, 0.5) is 0 Å². The summed E-state index contributed by atoms with van der Waals surface area (Å²) >= 11 is 0. The molecule has 1 unspecified atom stereocenters. The Kier molecular flexibility index (Phi) is 4.90. The Morgan fingerprint density at radius 1 is 1.50 bits per heavy atom. The summed E-state index contributed by atoms with van der Waals surface area (Å²) in [5.74, 6) is 0.138. The minimum atomic E-state index is -0.290. The molecule has 1 amide bonds. The molecule has 1 atom stereocenters. The Morgan fingerprint density at radius 2 is 2.14 bits per heavy atom. The van der Waals surface area contributed by atoms with E-state index in [1.807, 2.05) is 18.9 Å². The van der Waals surface area contributed by atoms with Crippen molar-refractivity contribution in [2.24, 2.45) is 0 Å². The van der Waals surface area contributed by atoms with Crippen molar-refractivity contribution >= 4 is 5.91 Å². The van der Waals surface area contributed by atoms with Crippen LogP contribution in [0, 0.1) is 0 Å². The second kappa shape index (κ2) is 5.98. The molecule has 0 aliphatic carbocycles. The molecule has 0 aromatic carbocycles. The summed E-state index contributed by atoms with van der Waals surface area (Å²) in [4.78, 5) is 13.6. The van der Waals surface area contributed by atoms with Gasteiger partial charge in [-0.15, -0.1) is 0 Å². The molecule has 1 rings (SSSR count). The molecule has 14 heavy (non-hydrogen) atoms. The van der Waals surface area contributed by atoms with E-state index in [1.165, 1.54) is 0 Å². The molecule has 0 aromatic rings. The molecular formula is C10H20N2O2. The van der Waals surface area contributed by atoms with E-state index in [0.29, 0.717) is 6.61 Å². The fourth-order valence-electron chi connectivity index (χ4n) is 1.60. The molecule has 1 N–H and O–H groups in total. The maximum atomic E-state index is 11.7. The van der Waals surface area contributed by atoms with Crippen LogP contribution in [-0.4, -0.2) is 50.2 Å². The van der Waals surface area contributed by atoms with Gasteiger partial charge in [-0.05, 0) is 26.8 Å². The number of hydrogen-bond donors (Lipinski definition) is 1. The Hall–Kier alpha value is -0.610. The fourth-order valence-corrected chi connectivity index (χ4v) is 1.60. The standard InChI is InChI=1S/C10H20N2O2/c1-9(14-8-5-11-2)10(13)12-6-3-4-7-12/h9,11H,3-8H2,1-2H3. The molecule has 1 aliphatic heterocycles. The van der Waals surface area contributed by atoms with Crippen molar-refractivity contribution < 1.29 is 9.53 Å². The molecule has 1 fully saturated rings. The fraction of sp³-hybridized carbons (Fsp3) is 0.900. The van der Waals surface area contributed by atoms with Crippen LogP contribution in [0.1, 0.15) is 19.8 Å². The Labute approximate surface area is 85.6 Å². The minimum Gasteiger partial charge on any atom is -0.367 e. The first-order chi connectivity index (χ1) is 6.75. The SMILES string of the molecule is CNCCOC(C)C(=O)N1CCCC1. The molecule has 0 saturated carbocycles. The number of ether oxygens (including phenoxy) is 1. The van der Waals surface area contributed by atoms with E-state index in [0.717, 1.165) is 32.5 Å². The van der Waals surface area contributed by atoms with E-state index in [1.54, 1.807) is 0 Å². The maximum Gasteiger partial charge on any atom is 0.251 e. The number of carbonyl (C=O) groups is 1. The monoisotopic (exact) mass is 200 g/mol. The van der Waals surface area contributed by atoms with Crippen LogP contribution in [-0.2, 0) is 9.53 Å². The molecule has 0 bridgehead atoms. The lowest BCUT2D eigenvalue weighted by atomic mass is 10.3. The number of carbonyl (C=O) groups excluding carboxylic acids is 1. The molecular weight excluding hydrogens is 180 g/mol.